The van der Waals surface area contributed by atoms with Crippen LogP contribution < -0.4 is 4.74 Å². The zero-order valence-electron chi connectivity index (χ0n) is 24.6. The summed E-state index contributed by atoms with van der Waals surface area (Å²) in [6.07, 6.45) is -3.25. The molecule has 1 aromatic heterocycles. The van der Waals surface area contributed by atoms with Gasteiger partial charge in [0.1, 0.15) is 12.1 Å². The molecule has 3 heterocycles. The Morgan fingerprint density at radius 1 is 1.12 bits per heavy atom. The Kier molecular flexibility index (Phi) is 9.82. The molecule has 2 fully saturated rings. The largest absolute Gasteiger partial charge is 0.481 e. The molecule has 8 nitrogen and oxygen atoms in total. The minimum atomic E-state index is -4.61. The molecule has 0 saturated carbocycles. The van der Waals surface area contributed by atoms with Crippen LogP contribution in [0.3, 0.4) is 0 Å². The van der Waals surface area contributed by atoms with E-state index in [0.29, 0.717) is 19.2 Å². The molecule has 0 aliphatic carbocycles. The van der Waals surface area contributed by atoms with Crippen LogP contribution in [0.2, 0.25) is 0 Å². The summed E-state index contributed by atoms with van der Waals surface area (Å²) in [5, 5.41) is 0. The van der Waals surface area contributed by atoms with Crippen LogP contribution in [0.4, 0.5) is 13.2 Å². The van der Waals surface area contributed by atoms with E-state index in [9.17, 15) is 22.8 Å². The first-order chi connectivity index (χ1) is 19.9. The highest BCUT2D eigenvalue weighted by molar-refractivity contribution is 5.89. The first kappa shape index (κ1) is 31.7. The van der Waals surface area contributed by atoms with E-state index in [0.717, 1.165) is 24.5 Å². The highest BCUT2D eigenvalue weighted by atomic mass is 19.4. The summed E-state index contributed by atoms with van der Waals surface area (Å²) in [5.74, 6) is -1.48. The molecule has 2 aliphatic heterocycles. The lowest BCUT2D eigenvalue weighted by atomic mass is 9.73. The predicted octanol–water partition coefficient (Wildman–Crippen LogP) is 5.74. The first-order valence-corrected chi connectivity index (χ1v) is 14.3. The van der Waals surface area contributed by atoms with Crippen molar-refractivity contribution in [2.24, 2.45) is 11.3 Å². The van der Waals surface area contributed by atoms with Gasteiger partial charge in [-0.15, -0.1) is 0 Å². The molecule has 2 aromatic rings. The molecule has 11 heteroatoms. The standard InChI is InChI=1S/C31H39F3N2O6/c1-6-40-29(38)25-23(30(2,3)4)26(42-18-20-16-21(31(32,33)34)17-35-27(20)39-5)24(19-12-8-7-9-13-19)36(25)28(37)22-14-10-11-15-41-22/h7-9,12-13,16-17,22-26H,6,10-11,14-15,18H2,1-5H3/t22-,23+,24-,25-,26-/m0/s1. The Morgan fingerprint density at radius 2 is 1.83 bits per heavy atom. The van der Waals surface area contributed by atoms with Gasteiger partial charge in [-0.1, -0.05) is 51.1 Å². The number of halogens is 3. The number of hydrogen-bond donors (Lipinski definition) is 0. The van der Waals surface area contributed by atoms with Gasteiger partial charge < -0.3 is 23.8 Å². The van der Waals surface area contributed by atoms with E-state index in [2.05, 4.69) is 4.98 Å². The fourth-order valence-electron chi connectivity index (χ4n) is 6.03. The van der Waals surface area contributed by atoms with Crippen LogP contribution in [-0.4, -0.2) is 60.3 Å². The van der Waals surface area contributed by atoms with Crippen LogP contribution in [0.15, 0.2) is 42.6 Å². The van der Waals surface area contributed by atoms with Gasteiger partial charge >= 0.3 is 12.1 Å². The average Bonchev–Trinajstić information content (AvgIpc) is 3.32. The van der Waals surface area contributed by atoms with Crippen LogP contribution >= 0.6 is 0 Å². The summed E-state index contributed by atoms with van der Waals surface area (Å²) in [6, 6.07) is 8.39. The molecule has 0 bridgehead atoms. The molecule has 0 spiro atoms. The molecule has 1 amide bonds. The molecule has 2 aliphatic rings. The van der Waals surface area contributed by atoms with Crippen LogP contribution in [0.5, 0.6) is 5.88 Å². The number of aromatic nitrogens is 1. The molecule has 0 unspecified atom stereocenters. The van der Waals surface area contributed by atoms with Crippen molar-refractivity contribution in [3.8, 4) is 5.88 Å². The number of methoxy groups -OCH3 is 1. The number of carbonyl (C=O) groups is 2. The SMILES string of the molecule is CCOC(=O)[C@@H]1[C@@H](C(C)(C)C)[C@H](OCc2cc(C(F)(F)F)cnc2OC)[C@H](c2ccccc2)N1C(=O)[C@@H]1CCCCO1. The number of pyridine rings is 1. The first-order valence-electron chi connectivity index (χ1n) is 14.3. The molecular weight excluding hydrogens is 553 g/mol. The van der Waals surface area contributed by atoms with E-state index in [-0.39, 0.29) is 30.6 Å². The van der Waals surface area contributed by atoms with Crippen molar-refractivity contribution in [3.63, 3.8) is 0 Å². The van der Waals surface area contributed by atoms with E-state index < -0.39 is 53.3 Å². The second kappa shape index (κ2) is 13.0. The normalized spacial score (nSPS) is 24.9. The highest BCUT2D eigenvalue weighted by Crippen LogP contribution is 2.50. The summed E-state index contributed by atoms with van der Waals surface area (Å²) in [5.41, 5.74) is -0.703. The summed E-state index contributed by atoms with van der Waals surface area (Å²) in [7, 11) is 1.32. The van der Waals surface area contributed by atoms with Gasteiger partial charge in [0, 0.05) is 24.3 Å². The van der Waals surface area contributed by atoms with Gasteiger partial charge in [-0.05, 0) is 43.2 Å². The second-order valence-corrected chi connectivity index (χ2v) is 11.7. The zero-order chi connectivity index (χ0) is 30.7. The Balaban J connectivity index is 1.84. The Labute approximate surface area is 244 Å². The van der Waals surface area contributed by atoms with Crippen LogP contribution in [-0.2, 0) is 36.6 Å². The van der Waals surface area contributed by atoms with E-state index in [1.807, 2.05) is 51.1 Å². The molecule has 1 aromatic carbocycles. The molecule has 0 radical (unpaired) electrons. The van der Waals surface area contributed by atoms with Crippen molar-refractivity contribution >= 4 is 11.9 Å². The fraction of sp³-hybridized carbons (Fsp3) is 0.581. The summed E-state index contributed by atoms with van der Waals surface area (Å²) in [4.78, 5) is 33.3. The van der Waals surface area contributed by atoms with Gasteiger partial charge in [-0.3, -0.25) is 4.79 Å². The van der Waals surface area contributed by atoms with Crippen molar-refractivity contribution in [1.82, 2.24) is 9.88 Å². The number of carbonyl (C=O) groups excluding carboxylic acids is 2. The smallest absolute Gasteiger partial charge is 0.417 e. The minimum Gasteiger partial charge on any atom is -0.481 e. The van der Waals surface area contributed by atoms with Crippen LogP contribution in [0, 0.1) is 11.3 Å². The van der Waals surface area contributed by atoms with Gasteiger partial charge in [-0.25, -0.2) is 9.78 Å². The van der Waals surface area contributed by atoms with Crippen LogP contribution in [0.25, 0.3) is 0 Å². The number of alkyl halides is 3. The lowest BCUT2D eigenvalue weighted by molar-refractivity contribution is -0.162. The van der Waals surface area contributed by atoms with Gasteiger partial charge in [0.15, 0.2) is 0 Å². The Bertz CT molecular complexity index is 1230. The quantitative estimate of drug-likeness (QED) is 0.361. The third-order valence-electron chi connectivity index (χ3n) is 7.86. The zero-order valence-corrected chi connectivity index (χ0v) is 24.6. The van der Waals surface area contributed by atoms with Crippen LogP contribution in [0.1, 0.15) is 69.7 Å². The molecule has 0 N–H and O–H groups in total. The lowest BCUT2D eigenvalue weighted by Crippen LogP contribution is -2.51. The lowest BCUT2D eigenvalue weighted by Gasteiger charge is -2.36. The molecule has 4 rings (SSSR count). The number of amides is 1. The van der Waals surface area contributed by atoms with E-state index >= 15 is 0 Å². The number of nitrogens with zero attached hydrogens (tertiary/aromatic N) is 2. The Hall–Kier alpha value is -3.18. The molecule has 5 atom stereocenters. The van der Waals surface area contributed by atoms with E-state index in [4.69, 9.17) is 18.9 Å². The second-order valence-electron chi connectivity index (χ2n) is 11.7. The van der Waals surface area contributed by atoms with Gasteiger partial charge in [0.25, 0.3) is 5.91 Å². The molecule has 42 heavy (non-hydrogen) atoms. The number of esters is 1. The maximum Gasteiger partial charge on any atom is 0.417 e. The summed E-state index contributed by atoms with van der Waals surface area (Å²) in [6.45, 7) is 7.79. The summed E-state index contributed by atoms with van der Waals surface area (Å²) >= 11 is 0. The van der Waals surface area contributed by atoms with Crippen molar-refractivity contribution in [2.75, 3.05) is 20.3 Å². The summed E-state index contributed by atoms with van der Waals surface area (Å²) < 4.78 is 63.8. The predicted molar refractivity (Wildman–Crippen MR) is 147 cm³/mol. The van der Waals surface area contributed by atoms with Crippen molar-refractivity contribution in [2.45, 2.75) is 84.0 Å². The molecule has 2 saturated heterocycles. The number of rotatable bonds is 8. The van der Waals surface area contributed by atoms with Gasteiger partial charge in [0.05, 0.1) is 38.0 Å². The van der Waals surface area contributed by atoms with Crippen molar-refractivity contribution in [1.29, 1.82) is 0 Å². The van der Waals surface area contributed by atoms with Gasteiger partial charge in [0.2, 0.25) is 5.88 Å². The van der Waals surface area contributed by atoms with Crippen molar-refractivity contribution < 1.29 is 41.7 Å². The number of likely N-dealkylation sites (tertiary alicyclic amines) is 1. The molecular formula is C31H39F3N2O6. The van der Waals surface area contributed by atoms with Gasteiger partial charge in [-0.2, -0.15) is 13.2 Å². The maximum absolute atomic E-state index is 14.2. The topological polar surface area (TPSA) is 87.2 Å². The average molecular weight is 593 g/mol. The Morgan fingerprint density at radius 3 is 2.40 bits per heavy atom. The highest BCUT2D eigenvalue weighted by Gasteiger charge is 2.60. The fourth-order valence-corrected chi connectivity index (χ4v) is 6.03. The minimum absolute atomic E-state index is 0.00459. The van der Waals surface area contributed by atoms with E-state index in [1.165, 1.54) is 7.11 Å². The number of benzene rings is 1. The monoisotopic (exact) mass is 592 g/mol. The maximum atomic E-state index is 14.2. The third kappa shape index (κ3) is 6.72. The van der Waals surface area contributed by atoms with Crippen molar-refractivity contribution in [3.05, 3.63) is 59.3 Å². The molecule has 230 valence electrons. The third-order valence-corrected chi connectivity index (χ3v) is 7.86. The number of ether oxygens (including phenoxy) is 4. The number of hydrogen-bond acceptors (Lipinski definition) is 7. The van der Waals surface area contributed by atoms with E-state index in [1.54, 1.807) is 11.8 Å².